The standard InChI is InChI=1S/C23H29N3O/c1-23(2)12-11-18-9-10-19(20-15-25(3)16-20)13-21(18)26(23)22(27)24-14-17-7-5-4-6-8-17/h4-10,13,20H,11-12,14-16H2,1-3H3,(H,24,27). The second-order valence-electron chi connectivity index (χ2n) is 8.60. The SMILES string of the molecule is CN1CC(c2ccc3c(c2)N(C(=O)NCc2ccccc2)C(C)(C)CC3)C1. The van der Waals surface area contributed by atoms with Gasteiger partial charge in [-0.1, -0.05) is 42.5 Å². The molecule has 0 bridgehead atoms. The maximum absolute atomic E-state index is 13.2. The van der Waals surface area contributed by atoms with Gasteiger partial charge in [-0.2, -0.15) is 0 Å². The number of amides is 2. The zero-order valence-corrected chi connectivity index (χ0v) is 16.5. The number of hydrogen-bond donors (Lipinski definition) is 1. The number of urea groups is 1. The van der Waals surface area contributed by atoms with Gasteiger partial charge in [0.25, 0.3) is 0 Å². The molecule has 2 aliphatic heterocycles. The van der Waals surface area contributed by atoms with Gasteiger partial charge in [0.05, 0.1) is 0 Å². The highest BCUT2D eigenvalue weighted by molar-refractivity contribution is 5.95. The van der Waals surface area contributed by atoms with Crippen LogP contribution in [0.4, 0.5) is 10.5 Å². The minimum atomic E-state index is -0.192. The number of anilines is 1. The fraction of sp³-hybridized carbons (Fsp3) is 0.435. The Balaban J connectivity index is 1.59. The van der Waals surface area contributed by atoms with E-state index in [4.69, 9.17) is 0 Å². The van der Waals surface area contributed by atoms with Crippen LogP contribution in [0, 0.1) is 0 Å². The Bertz CT molecular complexity index is 825. The van der Waals surface area contributed by atoms with Gasteiger partial charge in [0.1, 0.15) is 0 Å². The van der Waals surface area contributed by atoms with E-state index in [0.29, 0.717) is 12.5 Å². The topological polar surface area (TPSA) is 35.6 Å². The number of benzene rings is 2. The van der Waals surface area contributed by atoms with Crippen LogP contribution in [0.25, 0.3) is 0 Å². The molecule has 4 nitrogen and oxygen atoms in total. The van der Waals surface area contributed by atoms with Gasteiger partial charge in [-0.3, -0.25) is 4.90 Å². The molecule has 2 aromatic carbocycles. The van der Waals surface area contributed by atoms with Crippen molar-refractivity contribution in [2.24, 2.45) is 0 Å². The van der Waals surface area contributed by atoms with Crippen molar-refractivity contribution in [3.63, 3.8) is 0 Å². The molecule has 0 saturated carbocycles. The number of carbonyl (C=O) groups is 1. The third kappa shape index (κ3) is 3.59. The third-order valence-electron chi connectivity index (χ3n) is 5.99. The van der Waals surface area contributed by atoms with Crippen molar-refractivity contribution in [3.05, 3.63) is 65.2 Å². The summed E-state index contributed by atoms with van der Waals surface area (Å²) in [6, 6.07) is 16.8. The van der Waals surface area contributed by atoms with Crippen molar-refractivity contribution in [2.75, 3.05) is 25.0 Å². The second kappa shape index (κ2) is 7.01. The van der Waals surface area contributed by atoms with Crippen molar-refractivity contribution in [1.29, 1.82) is 0 Å². The lowest BCUT2D eigenvalue weighted by atomic mass is 9.84. The van der Waals surface area contributed by atoms with E-state index in [1.165, 1.54) is 11.1 Å². The average Bonchev–Trinajstić information content (AvgIpc) is 2.63. The summed E-state index contributed by atoms with van der Waals surface area (Å²) in [7, 11) is 2.15. The normalized spacial score (nSPS) is 19.3. The summed E-state index contributed by atoms with van der Waals surface area (Å²) in [5, 5.41) is 3.13. The Labute approximate surface area is 162 Å². The largest absolute Gasteiger partial charge is 0.334 e. The molecule has 1 saturated heterocycles. The van der Waals surface area contributed by atoms with Crippen molar-refractivity contribution in [1.82, 2.24) is 10.2 Å². The molecule has 2 aromatic rings. The smallest absolute Gasteiger partial charge is 0.322 e. The maximum atomic E-state index is 13.2. The van der Waals surface area contributed by atoms with Gasteiger partial charge in [-0.25, -0.2) is 4.79 Å². The number of nitrogens with one attached hydrogen (secondary N) is 1. The molecule has 0 aromatic heterocycles. The van der Waals surface area contributed by atoms with E-state index in [0.717, 1.165) is 37.2 Å². The van der Waals surface area contributed by atoms with Crippen LogP contribution in [-0.4, -0.2) is 36.6 Å². The van der Waals surface area contributed by atoms with Crippen molar-refractivity contribution >= 4 is 11.7 Å². The number of likely N-dealkylation sites (tertiary alicyclic amines) is 1. The Hall–Kier alpha value is -2.33. The first-order chi connectivity index (χ1) is 12.9. The first-order valence-electron chi connectivity index (χ1n) is 9.87. The van der Waals surface area contributed by atoms with Crippen LogP contribution in [-0.2, 0) is 13.0 Å². The fourth-order valence-electron chi connectivity index (χ4n) is 4.28. The van der Waals surface area contributed by atoms with Crippen molar-refractivity contribution in [3.8, 4) is 0 Å². The van der Waals surface area contributed by atoms with E-state index in [9.17, 15) is 4.79 Å². The molecular weight excluding hydrogens is 334 g/mol. The molecule has 0 aliphatic carbocycles. The third-order valence-corrected chi connectivity index (χ3v) is 5.99. The maximum Gasteiger partial charge on any atom is 0.322 e. The number of aryl methyl sites for hydroxylation is 1. The van der Waals surface area contributed by atoms with Crippen molar-refractivity contribution < 1.29 is 4.79 Å². The molecule has 0 spiro atoms. The van der Waals surface area contributed by atoms with Crippen LogP contribution in [0.15, 0.2) is 48.5 Å². The number of nitrogens with zero attached hydrogens (tertiary/aromatic N) is 2. The summed E-state index contributed by atoms with van der Waals surface area (Å²) in [5.41, 5.74) is 4.64. The highest BCUT2D eigenvalue weighted by Crippen LogP contribution is 2.39. The van der Waals surface area contributed by atoms with E-state index in [1.54, 1.807) is 0 Å². The second-order valence-corrected chi connectivity index (χ2v) is 8.60. The zero-order chi connectivity index (χ0) is 19.0. The lowest BCUT2D eigenvalue weighted by molar-refractivity contribution is 0.189. The Morgan fingerprint density at radius 2 is 1.89 bits per heavy atom. The molecule has 1 fully saturated rings. The van der Waals surface area contributed by atoms with Crippen LogP contribution in [0.1, 0.15) is 42.9 Å². The lowest BCUT2D eigenvalue weighted by Crippen LogP contribution is -2.54. The zero-order valence-electron chi connectivity index (χ0n) is 16.5. The molecule has 0 radical (unpaired) electrons. The predicted octanol–water partition coefficient (Wildman–Crippen LogP) is 4.16. The summed E-state index contributed by atoms with van der Waals surface area (Å²) in [6.07, 6.45) is 2.00. The number of fused-ring (bicyclic) bond motifs is 1. The average molecular weight is 364 g/mol. The highest BCUT2D eigenvalue weighted by Gasteiger charge is 2.37. The van der Waals surface area contributed by atoms with Crippen LogP contribution in [0.2, 0.25) is 0 Å². The van der Waals surface area contributed by atoms with Gasteiger partial charge in [0.2, 0.25) is 0 Å². The summed E-state index contributed by atoms with van der Waals surface area (Å²) in [4.78, 5) is 17.5. The fourth-order valence-corrected chi connectivity index (χ4v) is 4.28. The summed E-state index contributed by atoms with van der Waals surface area (Å²) < 4.78 is 0. The van der Waals surface area contributed by atoms with E-state index in [1.807, 2.05) is 35.2 Å². The number of likely N-dealkylation sites (N-methyl/N-ethyl adjacent to an activating group) is 1. The number of rotatable bonds is 3. The number of hydrogen-bond acceptors (Lipinski definition) is 2. The van der Waals surface area contributed by atoms with E-state index in [2.05, 4.69) is 49.3 Å². The molecule has 4 heteroatoms. The van der Waals surface area contributed by atoms with Crippen LogP contribution in [0.5, 0.6) is 0 Å². The predicted molar refractivity (Wildman–Crippen MR) is 110 cm³/mol. The van der Waals surface area contributed by atoms with Gasteiger partial charge >= 0.3 is 6.03 Å². The van der Waals surface area contributed by atoms with Gasteiger partial charge in [-0.15, -0.1) is 0 Å². The van der Waals surface area contributed by atoms with E-state index >= 15 is 0 Å². The summed E-state index contributed by atoms with van der Waals surface area (Å²) >= 11 is 0. The molecule has 0 unspecified atom stereocenters. The summed E-state index contributed by atoms with van der Waals surface area (Å²) in [6.45, 7) is 7.09. The molecule has 2 amide bonds. The first kappa shape index (κ1) is 18.1. The van der Waals surface area contributed by atoms with Crippen LogP contribution in [0.3, 0.4) is 0 Å². The Kier molecular flexibility index (Phi) is 4.68. The van der Waals surface area contributed by atoms with Crippen LogP contribution < -0.4 is 10.2 Å². The van der Waals surface area contributed by atoms with E-state index in [-0.39, 0.29) is 11.6 Å². The number of carbonyl (C=O) groups excluding carboxylic acids is 1. The monoisotopic (exact) mass is 363 g/mol. The molecule has 0 atom stereocenters. The minimum Gasteiger partial charge on any atom is -0.334 e. The highest BCUT2D eigenvalue weighted by atomic mass is 16.2. The van der Waals surface area contributed by atoms with Gasteiger partial charge in [0, 0.05) is 36.8 Å². The molecular formula is C23H29N3O. The molecule has 27 heavy (non-hydrogen) atoms. The first-order valence-corrected chi connectivity index (χ1v) is 9.87. The van der Waals surface area contributed by atoms with E-state index < -0.39 is 0 Å². The Morgan fingerprint density at radius 1 is 1.15 bits per heavy atom. The quantitative estimate of drug-likeness (QED) is 0.889. The minimum absolute atomic E-state index is 0.00678. The van der Waals surface area contributed by atoms with Crippen LogP contribution >= 0.6 is 0 Å². The van der Waals surface area contributed by atoms with Gasteiger partial charge in [0.15, 0.2) is 0 Å². The molecule has 4 rings (SSSR count). The molecule has 142 valence electrons. The molecule has 2 aliphatic rings. The molecule has 2 heterocycles. The Morgan fingerprint density at radius 3 is 2.59 bits per heavy atom. The van der Waals surface area contributed by atoms with Gasteiger partial charge < -0.3 is 10.2 Å². The molecule has 1 N–H and O–H groups in total. The van der Waals surface area contributed by atoms with Crippen molar-refractivity contribution in [2.45, 2.75) is 44.7 Å². The lowest BCUT2D eigenvalue weighted by Gasteiger charge is -2.44. The van der Waals surface area contributed by atoms with Gasteiger partial charge in [-0.05, 0) is 56.5 Å². The summed E-state index contributed by atoms with van der Waals surface area (Å²) in [5.74, 6) is 0.583.